The molecule has 2 aromatic rings. The number of amides is 2. The Bertz CT molecular complexity index is 1080. The molecule has 1 atom stereocenters. The minimum absolute atomic E-state index is 0.0163. The largest absolute Gasteiger partial charge is 0.493 e. The van der Waals surface area contributed by atoms with Gasteiger partial charge in [-0.1, -0.05) is 13.8 Å². The van der Waals surface area contributed by atoms with Gasteiger partial charge in [0.15, 0.2) is 11.5 Å². The summed E-state index contributed by atoms with van der Waals surface area (Å²) in [6.45, 7) is 7.02. The van der Waals surface area contributed by atoms with E-state index in [0.29, 0.717) is 49.5 Å². The van der Waals surface area contributed by atoms with Gasteiger partial charge in [-0.05, 0) is 49.6 Å². The first kappa shape index (κ1) is 23.3. The predicted molar refractivity (Wildman–Crippen MR) is 134 cm³/mol. The Labute approximate surface area is 200 Å². The Morgan fingerprint density at radius 1 is 1.27 bits per heavy atom. The molecule has 2 amide bonds. The maximum absolute atomic E-state index is 13.6. The Kier molecular flexibility index (Phi) is 6.47. The van der Waals surface area contributed by atoms with Crippen LogP contribution >= 0.6 is 12.6 Å². The fourth-order valence-electron chi connectivity index (χ4n) is 4.35. The number of nitrogens with one attached hydrogen (secondary N) is 2. The molecule has 2 aliphatic heterocycles. The van der Waals surface area contributed by atoms with Crippen LogP contribution in [0.4, 0.5) is 17.1 Å². The van der Waals surface area contributed by atoms with Gasteiger partial charge in [0.25, 0.3) is 5.91 Å². The molecule has 2 aliphatic rings. The summed E-state index contributed by atoms with van der Waals surface area (Å²) in [6, 6.07) is 9.31. The molecular weight excluding hydrogens is 438 g/mol. The van der Waals surface area contributed by atoms with E-state index in [-0.39, 0.29) is 22.6 Å². The van der Waals surface area contributed by atoms with Gasteiger partial charge in [-0.2, -0.15) is 12.6 Å². The van der Waals surface area contributed by atoms with Gasteiger partial charge in [0, 0.05) is 35.2 Å². The highest BCUT2D eigenvalue weighted by atomic mass is 32.1. The zero-order valence-electron chi connectivity index (χ0n) is 19.5. The summed E-state index contributed by atoms with van der Waals surface area (Å²) in [5.41, 5.74) is 3.97. The Morgan fingerprint density at radius 3 is 2.76 bits per heavy atom. The molecule has 0 saturated carbocycles. The third kappa shape index (κ3) is 4.90. The smallest absolute Gasteiger partial charge is 0.260 e. The van der Waals surface area contributed by atoms with Crippen molar-refractivity contribution in [2.45, 2.75) is 50.8 Å². The van der Waals surface area contributed by atoms with Crippen LogP contribution in [-0.4, -0.2) is 42.9 Å². The van der Waals surface area contributed by atoms with Gasteiger partial charge in [0.2, 0.25) is 5.91 Å². The molecule has 0 fully saturated rings. The van der Waals surface area contributed by atoms with Crippen LogP contribution in [0.25, 0.3) is 0 Å². The predicted octanol–water partition coefficient (Wildman–Crippen LogP) is 4.52. The molecular formula is C25H31N3O4S. The lowest BCUT2D eigenvalue weighted by Gasteiger charge is -2.23. The molecule has 8 heteroatoms. The van der Waals surface area contributed by atoms with E-state index in [1.807, 2.05) is 49.9 Å². The summed E-state index contributed by atoms with van der Waals surface area (Å²) in [5.74, 6) is 1.04. The van der Waals surface area contributed by atoms with Crippen molar-refractivity contribution in [3.8, 4) is 11.5 Å². The Hall–Kier alpha value is -2.87. The highest BCUT2D eigenvalue weighted by molar-refractivity contribution is 7.81. The first-order chi connectivity index (χ1) is 15.7. The molecule has 4 rings (SSSR count). The van der Waals surface area contributed by atoms with E-state index in [0.717, 1.165) is 22.6 Å². The van der Waals surface area contributed by atoms with Crippen LogP contribution in [0.15, 0.2) is 30.3 Å². The Balaban J connectivity index is 1.57. The molecule has 0 saturated heterocycles. The molecule has 0 aliphatic carbocycles. The second kappa shape index (κ2) is 9.17. The minimum Gasteiger partial charge on any atom is -0.493 e. The van der Waals surface area contributed by atoms with Crippen molar-refractivity contribution >= 4 is 41.5 Å². The van der Waals surface area contributed by atoms with Gasteiger partial charge >= 0.3 is 0 Å². The molecule has 176 valence electrons. The van der Waals surface area contributed by atoms with Crippen LogP contribution in [0.5, 0.6) is 11.5 Å². The summed E-state index contributed by atoms with van der Waals surface area (Å²) in [5, 5.41) is 6.39. The van der Waals surface area contributed by atoms with E-state index >= 15 is 0 Å². The van der Waals surface area contributed by atoms with Crippen LogP contribution in [0.3, 0.4) is 0 Å². The molecule has 0 aromatic heterocycles. The molecule has 7 nitrogen and oxygen atoms in total. The van der Waals surface area contributed by atoms with Gasteiger partial charge in [0.1, 0.15) is 0 Å². The fraction of sp³-hybridized carbons (Fsp3) is 0.440. The van der Waals surface area contributed by atoms with E-state index in [1.165, 1.54) is 0 Å². The number of hydrogen-bond acceptors (Lipinski definition) is 6. The van der Waals surface area contributed by atoms with Crippen LogP contribution in [-0.2, 0) is 11.2 Å². The zero-order chi connectivity index (χ0) is 23.8. The van der Waals surface area contributed by atoms with Gasteiger partial charge in [0.05, 0.1) is 31.0 Å². The number of ether oxygens (including phenoxy) is 2. The van der Waals surface area contributed by atoms with Gasteiger partial charge in [-0.3, -0.25) is 9.59 Å². The highest BCUT2D eigenvalue weighted by Gasteiger charge is 2.38. The van der Waals surface area contributed by atoms with Gasteiger partial charge in [-0.15, -0.1) is 0 Å². The second-order valence-corrected chi connectivity index (χ2v) is 10.3. The topological polar surface area (TPSA) is 79.9 Å². The number of benzene rings is 2. The Morgan fingerprint density at radius 2 is 2.06 bits per heavy atom. The maximum atomic E-state index is 13.6. The third-order valence-corrected chi connectivity index (χ3v) is 6.21. The van der Waals surface area contributed by atoms with E-state index < -0.39 is 0 Å². The van der Waals surface area contributed by atoms with Gasteiger partial charge < -0.3 is 25.0 Å². The number of fused-ring (bicyclic) bond motifs is 4. The quantitative estimate of drug-likeness (QED) is 0.520. The number of carbonyl (C=O) groups excluding carboxylic acids is 2. The number of hydrogen-bond donors (Lipinski definition) is 3. The van der Waals surface area contributed by atoms with Crippen molar-refractivity contribution in [2.24, 2.45) is 0 Å². The number of anilines is 3. The van der Waals surface area contributed by atoms with Crippen molar-refractivity contribution in [3.63, 3.8) is 0 Å². The van der Waals surface area contributed by atoms with Crippen LogP contribution in [0.1, 0.15) is 49.5 Å². The molecule has 0 bridgehead atoms. The van der Waals surface area contributed by atoms with Crippen molar-refractivity contribution in [2.75, 3.05) is 35.8 Å². The van der Waals surface area contributed by atoms with E-state index in [1.54, 1.807) is 13.2 Å². The van der Waals surface area contributed by atoms with Crippen LogP contribution in [0, 0.1) is 0 Å². The average Bonchev–Trinajstić information content (AvgIpc) is 3.07. The zero-order valence-corrected chi connectivity index (χ0v) is 20.4. The van der Waals surface area contributed by atoms with Crippen molar-refractivity contribution < 1.29 is 19.1 Å². The standard InChI is InChI=1S/C25H31N3O4S/c1-5-32-22-13-19-18(12-21(22)31-4)24(30)28-17(14-26-19)11-15-10-16(6-7-20(15)28)27-23(29)8-9-25(2,3)33/h6-7,10,12-13,17,26,33H,5,8-9,11,14H2,1-4H3,(H,27,29)/t17-/m0/s1. The monoisotopic (exact) mass is 469 g/mol. The van der Waals surface area contributed by atoms with Crippen LogP contribution < -0.4 is 25.0 Å². The third-order valence-electron chi connectivity index (χ3n) is 5.99. The summed E-state index contributed by atoms with van der Waals surface area (Å²) in [6.07, 6.45) is 1.81. The molecule has 2 heterocycles. The molecule has 0 radical (unpaired) electrons. The summed E-state index contributed by atoms with van der Waals surface area (Å²) in [4.78, 5) is 27.8. The van der Waals surface area contributed by atoms with Crippen molar-refractivity contribution in [3.05, 3.63) is 41.5 Å². The minimum atomic E-state index is -0.188. The lowest BCUT2D eigenvalue weighted by Crippen LogP contribution is -2.39. The molecule has 33 heavy (non-hydrogen) atoms. The number of nitrogens with zero attached hydrogens (tertiary/aromatic N) is 1. The lowest BCUT2D eigenvalue weighted by molar-refractivity contribution is -0.116. The van der Waals surface area contributed by atoms with Gasteiger partial charge in [-0.25, -0.2) is 0 Å². The van der Waals surface area contributed by atoms with E-state index in [9.17, 15) is 9.59 Å². The molecule has 0 unspecified atom stereocenters. The highest BCUT2D eigenvalue weighted by Crippen LogP contribution is 2.41. The lowest BCUT2D eigenvalue weighted by atomic mass is 10.1. The second-order valence-electron chi connectivity index (χ2n) is 9.10. The number of rotatable bonds is 7. The number of methoxy groups -OCH3 is 1. The number of carbonyl (C=O) groups is 2. The SMILES string of the molecule is CCOc1cc2c(cc1OC)C(=O)N1c3ccc(NC(=O)CCC(C)(C)S)cc3C[C@H]1CN2. The first-order valence-electron chi connectivity index (χ1n) is 11.3. The maximum Gasteiger partial charge on any atom is 0.260 e. The van der Waals surface area contributed by atoms with E-state index in [4.69, 9.17) is 9.47 Å². The molecule has 2 aromatic carbocycles. The summed E-state index contributed by atoms with van der Waals surface area (Å²) >= 11 is 4.48. The summed E-state index contributed by atoms with van der Waals surface area (Å²) < 4.78 is 10.9. The van der Waals surface area contributed by atoms with E-state index in [2.05, 4.69) is 23.3 Å². The first-order valence-corrected chi connectivity index (χ1v) is 11.7. The fourth-order valence-corrected chi connectivity index (χ4v) is 4.47. The van der Waals surface area contributed by atoms with Crippen molar-refractivity contribution in [1.82, 2.24) is 0 Å². The van der Waals surface area contributed by atoms with Crippen LogP contribution in [0.2, 0.25) is 0 Å². The molecule has 2 N–H and O–H groups in total. The molecule has 0 spiro atoms. The normalized spacial score (nSPS) is 16.8. The average molecular weight is 470 g/mol. The summed E-state index contributed by atoms with van der Waals surface area (Å²) in [7, 11) is 1.57. The van der Waals surface area contributed by atoms with Crippen molar-refractivity contribution in [1.29, 1.82) is 0 Å². The number of thiol groups is 1.